The minimum atomic E-state index is -0.804. The summed E-state index contributed by atoms with van der Waals surface area (Å²) in [7, 11) is 0. The Morgan fingerprint density at radius 2 is 0.520 bits per heavy atom. The van der Waals surface area contributed by atoms with Crippen LogP contribution in [0.5, 0.6) is 0 Å². The van der Waals surface area contributed by atoms with Crippen LogP contribution < -0.4 is 0 Å². The van der Waals surface area contributed by atoms with Gasteiger partial charge in [0.05, 0.1) is 0 Å². The van der Waals surface area contributed by atoms with Crippen molar-refractivity contribution in [3.63, 3.8) is 0 Å². The van der Waals surface area contributed by atoms with Gasteiger partial charge in [-0.25, -0.2) is 0 Å². The first-order valence-electron chi connectivity index (χ1n) is 30.0. The molecule has 0 saturated carbocycles. The zero-order valence-corrected chi connectivity index (χ0v) is 48.0. The lowest BCUT2D eigenvalue weighted by Crippen LogP contribution is -2.30. The Morgan fingerprint density at radius 3 is 0.813 bits per heavy atom. The third kappa shape index (κ3) is 59.8. The first kappa shape index (κ1) is 70.0. The van der Waals surface area contributed by atoms with E-state index in [9.17, 15) is 14.4 Å². The summed E-state index contributed by atoms with van der Waals surface area (Å²) >= 11 is 0. The zero-order valence-electron chi connectivity index (χ0n) is 48.0. The molecular weight excluding hydrogens is 925 g/mol. The number of hydrogen-bond acceptors (Lipinski definition) is 6. The van der Waals surface area contributed by atoms with E-state index < -0.39 is 6.10 Å². The highest BCUT2D eigenvalue weighted by Crippen LogP contribution is 2.13. The van der Waals surface area contributed by atoms with Crippen LogP contribution in [0, 0.1) is 0 Å². The molecule has 0 bridgehead atoms. The lowest BCUT2D eigenvalue weighted by atomic mass is 10.1. The number of rotatable bonds is 52. The molecule has 0 heterocycles. The van der Waals surface area contributed by atoms with Gasteiger partial charge < -0.3 is 14.2 Å². The summed E-state index contributed by atoms with van der Waals surface area (Å²) in [6.45, 7) is 6.31. The lowest BCUT2D eigenvalue weighted by Gasteiger charge is -2.18. The molecule has 0 saturated heterocycles. The van der Waals surface area contributed by atoms with Crippen molar-refractivity contribution in [1.29, 1.82) is 0 Å². The summed E-state index contributed by atoms with van der Waals surface area (Å²) in [5, 5.41) is 0. The standard InChI is InChI=1S/C69H108O6/c1-4-7-10-13-16-18-20-22-24-26-28-30-31-32-33-34-35-36-37-39-40-42-44-46-48-50-53-56-59-62-68(71)74-65-66(64-73-67(70)61-58-55-52-15-12-9-6-3)75-69(72)63-60-57-54-51-49-47-45-43-41-38-29-27-25-23-21-19-17-14-11-8-5-2/h7-8,10-11,16-19,22-25,28-30,32-33,35-36,38-40,43-46,66H,4-6,9,12-15,20-21,26-27,31,34,37,41-42,47-65H2,1-3H3/b10-7-,11-8-,18-16-,19-17-,24-22-,25-23-,30-28-,33-32-,36-35-,38-29-,40-39-,45-43-,46-44-. The smallest absolute Gasteiger partial charge is 0.306 e. The van der Waals surface area contributed by atoms with Crippen LogP contribution in [0.2, 0.25) is 0 Å². The molecule has 0 aromatic carbocycles. The van der Waals surface area contributed by atoms with Crippen LogP contribution in [-0.2, 0) is 28.6 Å². The minimum absolute atomic E-state index is 0.100. The van der Waals surface area contributed by atoms with Crippen molar-refractivity contribution in [2.45, 2.75) is 245 Å². The first-order valence-corrected chi connectivity index (χ1v) is 30.0. The highest BCUT2D eigenvalue weighted by Gasteiger charge is 2.19. The second-order valence-electron chi connectivity index (χ2n) is 19.1. The van der Waals surface area contributed by atoms with Gasteiger partial charge >= 0.3 is 17.9 Å². The first-order chi connectivity index (χ1) is 37.0. The molecule has 420 valence electrons. The molecule has 0 aliphatic heterocycles. The molecule has 0 rings (SSSR count). The van der Waals surface area contributed by atoms with Gasteiger partial charge in [0.1, 0.15) is 13.2 Å². The van der Waals surface area contributed by atoms with Crippen LogP contribution in [0.1, 0.15) is 239 Å². The maximum Gasteiger partial charge on any atom is 0.306 e. The Bertz CT molecular complexity index is 1710. The molecular formula is C69H108O6. The molecule has 1 atom stereocenters. The molecule has 0 spiro atoms. The van der Waals surface area contributed by atoms with Gasteiger partial charge in [-0.3, -0.25) is 14.4 Å². The number of esters is 3. The average molecular weight is 1030 g/mol. The van der Waals surface area contributed by atoms with Crippen molar-refractivity contribution in [3.05, 3.63) is 158 Å². The van der Waals surface area contributed by atoms with Gasteiger partial charge in [-0.15, -0.1) is 0 Å². The second kappa shape index (κ2) is 61.6. The quantitative estimate of drug-likeness (QED) is 0.0261. The Balaban J connectivity index is 4.31. The van der Waals surface area contributed by atoms with Crippen LogP contribution in [-0.4, -0.2) is 37.2 Å². The van der Waals surface area contributed by atoms with E-state index in [1.165, 1.54) is 25.7 Å². The van der Waals surface area contributed by atoms with Crippen molar-refractivity contribution in [1.82, 2.24) is 0 Å². The summed E-state index contributed by atoms with van der Waals surface area (Å²) < 4.78 is 16.8. The van der Waals surface area contributed by atoms with E-state index in [4.69, 9.17) is 14.2 Å². The van der Waals surface area contributed by atoms with E-state index in [2.05, 4.69) is 179 Å². The third-order valence-electron chi connectivity index (χ3n) is 12.0. The Hall–Kier alpha value is -4.97. The highest BCUT2D eigenvalue weighted by molar-refractivity contribution is 5.71. The number of allylic oxidation sites excluding steroid dienone is 26. The molecule has 1 unspecified atom stereocenters. The van der Waals surface area contributed by atoms with E-state index in [-0.39, 0.29) is 31.1 Å². The molecule has 0 amide bonds. The number of ether oxygens (including phenoxy) is 3. The third-order valence-corrected chi connectivity index (χ3v) is 12.0. The van der Waals surface area contributed by atoms with Crippen LogP contribution in [0.25, 0.3) is 0 Å². The average Bonchev–Trinajstić information content (AvgIpc) is 3.41. The summed E-state index contributed by atoms with van der Waals surface area (Å²) in [6, 6.07) is 0. The van der Waals surface area contributed by atoms with Crippen molar-refractivity contribution in [3.8, 4) is 0 Å². The Kier molecular flexibility index (Phi) is 57.5. The maximum absolute atomic E-state index is 12.8. The molecule has 0 radical (unpaired) electrons. The van der Waals surface area contributed by atoms with Crippen molar-refractivity contribution in [2.24, 2.45) is 0 Å². The monoisotopic (exact) mass is 1030 g/mol. The van der Waals surface area contributed by atoms with E-state index >= 15 is 0 Å². The maximum atomic E-state index is 12.8. The van der Waals surface area contributed by atoms with Gasteiger partial charge in [-0.1, -0.05) is 249 Å². The number of carbonyl (C=O) groups is 3. The van der Waals surface area contributed by atoms with E-state index in [0.29, 0.717) is 19.3 Å². The molecule has 6 heteroatoms. The van der Waals surface area contributed by atoms with Crippen LogP contribution in [0.15, 0.2) is 158 Å². The molecule has 0 aromatic rings. The fourth-order valence-electron chi connectivity index (χ4n) is 7.60. The van der Waals surface area contributed by atoms with Gasteiger partial charge in [0.25, 0.3) is 0 Å². The van der Waals surface area contributed by atoms with Crippen LogP contribution in [0.4, 0.5) is 0 Å². The van der Waals surface area contributed by atoms with E-state index in [0.717, 1.165) is 173 Å². The zero-order chi connectivity index (χ0) is 54.3. The molecule has 0 aliphatic rings. The topological polar surface area (TPSA) is 78.9 Å². The van der Waals surface area contributed by atoms with Gasteiger partial charge in [0.15, 0.2) is 6.10 Å². The molecule has 0 aromatic heterocycles. The second-order valence-corrected chi connectivity index (χ2v) is 19.1. The van der Waals surface area contributed by atoms with Crippen molar-refractivity contribution >= 4 is 17.9 Å². The van der Waals surface area contributed by atoms with Crippen molar-refractivity contribution in [2.75, 3.05) is 13.2 Å². The van der Waals surface area contributed by atoms with E-state index in [1.54, 1.807) is 0 Å². The van der Waals surface area contributed by atoms with Gasteiger partial charge in [0.2, 0.25) is 0 Å². The SMILES string of the molecule is CC/C=C\C/C=C\C/C=C\C/C=C\C/C=C\C/C=C\C/C=C\C/C=C\CCCCCCC(=O)OCC(COC(=O)CCCCCCCCC)OC(=O)CCCCCCC/C=C\C/C=C\C/C=C\C/C=C\C/C=C\CC. The number of hydrogen-bond donors (Lipinski definition) is 0. The van der Waals surface area contributed by atoms with E-state index in [1.807, 2.05) is 0 Å². The lowest BCUT2D eigenvalue weighted by molar-refractivity contribution is -0.167. The van der Waals surface area contributed by atoms with Gasteiger partial charge in [-0.2, -0.15) is 0 Å². The number of carbonyl (C=O) groups excluding carboxylic acids is 3. The fraction of sp³-hybridized carbons (Fsp3) is 0.580. The van der Waals surface area contributed by atoms with Crippen LogP contribution >= 0.6 is 0 Å². The predicted octanol–water partition coefficient (Wildman–Crippen LogP) is 20.5. The van der Waals surface area contributed by atoms with Crippen LogP contribution in [0.3, 0.4) is 0 Å². The largest absolute Gasteiger partial charge is 0.462 e. The van der Waals surface area contributed by atoms with Gasteiger partial charge in [-0.05, 0) is 128 Å². The fourth-order valence-corrected chi connectivity index (χ4v) is 7.60. The minimum Gasteiger partial charge on any atom is -0.462 e. The van der Waals surface area contributed by atoms with Gasteiger partial charge in [0, 0.05) is 19.3 Å². The number of unbranched alkanes of at least 4 members (excludes halogenated alkanes) is 15. The molecule has 6 nitrogen and oxygen atoms in total. The van der Waals surface area contributed by atoms with Crippen molar-refractivity contribution < 1.29 is 28.6 Å². The molecule has 0 aliphatic carbocycles. The summed E-state index contributed by atoms with van der Waals surface area (Å²) in [5.74, 6) is -0.960. The summed E-state index contributed by atoms with van der Waals surface area (Å²) in [4.78, 5) is 38.0. The normalized spacial score (nSPS) is 13.3. The molecule has 75 heavy (non-hydrogen) atoms. The Labute approximate surface area is 460 Å². The highest BCUT2D eigenvalue weighted by atomic mass is 16.6. The molecule has 0 fully saturated rings. The predicted molar refractivity (Wildman–Crippen MR) is 325 cm³/mol. The summed E-state index contributed by atoms with van der Waals surface area (Å²) in [5.41, 5.74) is 0. The summed E-state index contributed by atoms with van der Waals surface area (Å²) in [6.07, 6.45) is 89.7. The Morgan fingerprint density at radius 1 is 0.280 bits per heavy atom. The molecule has 0 N–H and O–H groups in total.